The molecular weight excluding hydrogens is 321 g/mol. The molecule has 1 aromatic carbocycles. The van der Waals surface area contributed by atoms with E-state index in [-0.39, 0.29) is 28.7 Å². The molecule has 1 amide bonds. The summed E-state index contributed by atoms with van der Waals surface area (Å²) in [5.41, 5.74) is -0.0344. The van der Waals surface area contributed by atoms with Gasteiger partial charge in [0.2, 0.25) is 0 Å². The number of hydrogen-bond donors (Lipinski definition) is 0. The molecule has 6 heteroatoms. The van der Waals surface area contributed by atoms with Gasteiger partial charge in [-0.15, -0.1) is 0 Å². The summed E-state index contributed by atoms with van der Waals surface area (Å²) in [6.45, 7) is 2.56. The van der Waals surface area contributed by atoms with Crippen molar-refractivity contribution in [1.82, 2.24) is 4.90 Å². The van der Waals surface area contributed by atoms with E-state index >= 15 is 0 Å². The average molecular weight is 342 g/mol. The zero-order valence-electron chi connectivity index (χ0n) is 13.0. The first kappa shape index (κ1) is 16.7. The summed E-state index contributed by atoms with van der Waals surface area (Å²) in [7, 11) is 0. The summed E-state index contributed by atoms with van der Waals surface area (Å²) in [4.78, 5) is 14.1. The van der Waals surface area contributed by atoms with Crippen molar-refractivity contribution in [3.8, 4) is 0 Å². The highest BCUT2D eigenvalue weighted by molar-refractivity contribution is 6.33. The molecule has 3 rings (SSSR count). The molecule has 1 unspecified atom stereocenters. The van der Waals surface area contributed by atoms with E-state index in [9.17, 15) is 9.18 Å². The van der Waals surface area contributed by atoms with E-state index in [1.54, 1.807) is 4.90 Å². The number of rotatable bonds is 4. The van der Waals surface area contributed by atoms with Crippen molar-refractivity contribution in [3.63, 3.8) is 0 Å². The highest BCUT2D eigenvalue weighted by Crippen LogP contribution is 2.24. The van der Waals surface area contributed by atoms with Crippen LogP contribution in [0.1, 0.15) is 36.0 Å². The summed E-state index contributed by atoms with van der Waals surface area (Å²) in [6.07, 6.45) is 4.02. The van der Waals surface area contributed by atoms with Gasteiger partial charge in [0.25, 0.3) is 5.91 Å². The van der Waals surface area contributed by atoms with Crippen LogP contribution in [0.5, 0.6) is 0 Å². The first-order valence-electron chi connectivity index (χ1n) is 8.11. The van der Waals surface area contributed by atoms with Gasteiger partial charge in [-0.25, -0.2) is 4.39 Å². The lowest BCUT2D eigenvalue weighted by Crippen LogP contribution is -2.41. The molecule has 0 bridgehead atoms. The van der Waals surface area contributed by atoms with Crippen LogP contribution in [-0.4, -0.2) is 49.3 Å². The molecule has 0 N–H and O–H groups in total. The molecule has 0 aromatic heterocycles. The van der Waals surface area contributed by atoms with Gasteiger partial charge in [-0.05, 0) is 37.8 Å². The minimum atomic E-state index is -0.570. The van der Waals surface area contributed by atoms with Crippen LogP contribution in [-0.2, 0) is 9.47 Å². The molecular formula is C17H21ClFNO3. The van der Waals surface area contributed by atoms with Crippen LogP contribution in [0.2, 0.25) is 5.02 Å². The van der Waals surface area contributed by atoms with E-state index in [2.05, 4.69) is 0 Å². The maximum absolute atomic E-state index is 13.9. The van der Waals surface area contributed by atoms with Crippen molar-refractivity contribution in [2.45, 2.75) is 37.9 Å². The largest absolute Gasteiger partial charge is 0.376 e. The summed E-state index contributed by atoms with van der Waals surface area (Å²) in [6, 6.07) is 4.30. The predicted molar refractivity (Wildman–Crippen MR) is 85.3 cm³/mol. The first-order valence-corrected chi connectivity index (χ1v) is 8.49. The molecule has 2 aliphatic heterocycles. The number of hydrogen-bond acceptors (Lipinski definition) is 3. The Morgan fingerprint density at radius 2 is 2.13 bits per heavy atom. The number of likely N-dealkylation sites (tertiary alicyclic amines) is 1. The Labute approximate surface area is 140 Å². The Morgan fingerprint density at radius 1 is 1.35 bits per heavy atom. The average Bonchev–Trinajstić information content (AvgIpc) is 3.06. The Hall–Kier alpha value is -1.17. The van der Waals surface area contributed by atoms with Crippen molar-refractivity contribution < 1.29 is 18.7 Å². The quantitative estimate of drug-likeness (QED) is 0.843. The fraction of sp³-hybridized carbons (Fsp3) is 0.588. The third-order valence-corrected chi connectivity index (χ3v) is 4.76. The Kier molecular flexibility index (Phi) is 5.51. The molecule has 0 saturated carbocycles. The third kappa shape index (κ3) is 4.03. The maximum atomic E-state index is 13.9. The Morgan fingerprint density at radius 3 is 2.78 bits per heavy atom. The number of amides is 1. The highest BCUT2D eigenvalue weighted by Gasteiger charge is 2.28. The van der Waals surface area contributed by atoms with E-state index < -0.39 is 5.82 Å². The lowest BCUT2D eigenvalue weighted by molar-refractivity contribution is -0.0395. The van der Waals surface area contributed by atoms with Crippen LogP contribution < -0.4 is 0 Å². The zero-order chi connectivity index (χ0) is 16.2. The number of ether oxygens (including phenoxy) is 2. The molecule has 2 saturated heterocycles. The van der Waals surface area contributed by atoms with Crippen LogP contribution in [0.4, 0.5) is 4.39 Å². The van der Waals surface area contributed by atoms with E-state index in [1.165, 1.54) is 18.2 Å². The minimum Gasteiger partial charge on any atom is -0.376 e. The van der Waals surface area contributed by atoms with Crippen molar-refractivity contribution in [2.75, 3.05) is 26.3 Å². The molecule has 0 radical (unpaired) electrons. The van der Waals surface area contributed by atoms with Crippen LogP contribution in [0, 0.1) is 5.82 Å². The molecule has 1 atom stereocenters. The smallest absolute Gasteiger partial charge is 0.258 e. The predicted octanol–water partition coefficient (Wildman–Crippen LogP) is 3.28. The summed E-state index contributed by atoms with van der Waals surface area (Å²) < 4.78 is 25.3. The van der Waals surface area contributed by atoms with Gasteiger partial charge in [0.05, 0.1) is 29.4 Å². The summed E-state index contributed by atoms with van der Waals surface area (Å²) in [5, 5.41) is 0.159. The van der Waals surface area contributed by atoms with Gasteiger partial charge >= 0.3 is 0 Å². The second kappa shape index (κ2) is 7.60. The monoisotopic (exact) mass is 341 g/mol. The van der Waals surface area contributed by atoms with E-state index in [1.807, 2.05) is 0 Å². The summed E-state index contributed by atoms with van der Waals surface area (Å²) in [5.74, 6) is -0.912. The van der Waals surface area contributed by atoms with Gasteiger partial charge in [0, 0.05) is 19.7 Å². The lowest BCUT2D eigenvalue weighted by atomic mass is 10.1. The zero-order valence-corrected chi connectivity index (χ0v) is 13.7. The molecule has 0 aliphatic carbocycles. The van der Waals surface area contributed by atoms with Crippen LogP contribution >= 0.6 is 11.6 Å². The molecule has 4 nitrogen and oxygen atoms in total. The number of halogens is 2. The Balaban J connectivity index is 1.51. The van der Waals surface area contributed by atoms with Gasteiger partial charge in [-0.1, -0.05) is 17.7 Å². The molecule has 126 valence electrons. The second-order valence-corrected chi connectivity index (χ2v) is 6.46. The normalized spacial score (nSPS) is 22.5. The standard InChI is InChI=1S/C17H21ClFNO3/c18-14-4-1-5-15(19)16(14)17(21)20-8-6-12(7-9-20)23-11-13-3-2-10-22-13/h1,4-5,12-13H,2-3,6-11H2. The summed E-state index contributed by atoms with van der Waals surface area (Å²) >= 11 is 5.97. The number of benzene rings is 1. The van der Waals surface area contributed by atoms with Crippen molar-refractivity contribution in [1.29, 1.82) is 0 Å². The number of carbonyl (C=O) groups excluding carboxylic acids is 1. The molecule has 0 spiro atoms. The molecule has 23 heavy (non-hydrogen) atoms. The number of carbonyl (C=O) groups is 1. The maximum Gasteiger partial charge on any atom is 0.258 e. The van der Waals surface area contributed by atoms with Crippen molar-refractivity contribution >= 4 is 17.5 Å². The van der Waals surface area contributed by atoms with Gasteiger partial charge in [0.15, 0.2) is 0 Å². The molecule has 2 fully saturated rings. The van der Waals surface area contributed by atoms with Gasteiger partial charge in [-0.3, -0.25) is 4.79 Å². The topological polar surface area (TPSA) is 38.8 Å². The van der Waals surface area contributed by atoms with Crippen molar-refractivity contribution in [2.24, 2.45) is 0 Å². The highest BCUT2D eigenvalue weighted by atomic mass is 35.5. The second-order valence-electron chi connectivity index (χ2n) is 6.06. The van der Waals surface area contributed by atoms with Crippen LogP contribution in [0.3, 0.4) is 0 Å². The van der Waals surface area contributed by atoms with Crippen LogP contribution in [0.15, 0.2) is 18.2 Å². The Bertz CT molecular complexity index is 535. The number of piperidine rings is 1. The van der Waals surface area contributed by atoms with E-state index in [0.29, 0.717) is 19.7 Å². The van der Waals surface area contributed by atoms with Gasteiger partial charge < -0.3 is 14.4 Å². The fourth-order valence-electron chi connectivity index (χ4n) is 3.10. The van der Waals surface area contributed by atoms with Crippen LogP contribution in [0.25, 0.3) is 0 Å². The molecule has 1 aromatic rings. The minimum absolute atomic E-state index is 0.0344. The first-order chi connectivity index (χ1) is 11.1. The molecule has 2 heterocycles. The third-order valence-electron chi connectivity index (χ3n) is 4.45. The van der Waals surface area contributed by atoms with Gasteiger partial charge in [-0.2, -0.15) is 0 Å². The lowest BCUT2D eigenvalue weighted by Gasteiger charge is -2.32. The number of nitrogens with zero attached hydrogens (tertiary/aromatic N) is 1. The fourth-order valence-corrected chi connectivity index (χ4v) is 3.35. The van der Waals surface area contributed by atoms with E-state index in [0.717, 1.165) is 32.3 Å². The van der Waals surface area contributed by atoms with Gasteiger partial charge in [0.1, 0.15) is 5.82 Å². The SMILES string of the molecule is O=C(c1c(F)cccc1Cl)N1CCC(OCC2CCCO2)CC1. The molecule has 2 aliphatic rings. The van der Waals surface area contributed by atoms with Crippen molar-refractivity contribution in [3.05, 3.63) is 34.6 Å². The van der Waals surface area contributed by atoms with E-state index in [4.69, 9.17) is 21.1 Å².